The molecule has 1 saturated heterocycles. The van der Waals surface area contributed by atoms with Crippen LogP contribution in [-0.2, 0) is 6.54 Å². The Hall–Kier alpha value is -2.37. The zero-order valence-corrected chi connectivity index (χ0v) is 14.9. The Morgan fingerprint density at radius 2 is 1.76 bits per heavy atom. The number of carbonyl (C=O) groups excluding carboxylic acids is 1. The van der Waals surface area contributed by atoms with Crippen LogP contribution >= 0.6 is 11.3 Å². The van der Waals surface area contributed by atoms with Crippen LogP contribution in [0.5, 0.6) is 0 Å². The van der Waals surface area contributed by atoms with Gasteiger partial charge in [0.15, 0.2) is 0 Å². The minimum absolute atomic E-state index is 0.129. The fourth-order valence-corrected chi connectivity index (χ4v) is 3.97. The molecule has 1 aliphatic rings. The van der Waals surface area contributed by atoms with Crippen LogP contribution in [-0.4, -0.2) is 46.5 Å². The first-order valence-corrected chi connectivity index (χ1v) is 9.45. The molecule has 0 unspecified atom stereocenters. The van der Waals surface area contributed by atoms with Crippen LogP contribution in [0.2, 0.25) is 0 Å². The third kappa shape index (κ3) is 3.67. The first-order valence-electron chi connectivity index (χ1n) is 8.57. The molecular formula is C20H21N3OS. The Morgan fingerprint density at radius 3 is 2.48 bits per heavy atom. The Kier molecular flexibility index (Phi) is 4.68. The number of benzene rings is 1. The van der Waals surface area contributed by atoms with Crippen LogP contribution < -0.4 is 0 Å². The van der Waals surface area contributed by atoms with E-state index in [0.29, 0.717) is 0 Å². The minimum atomic E-state index is 0.129. The van der Waals surface area contributed by atoms with Crippen LogP contribution in [0.3, 0.4) is 0 Å². The average molecular weight is 351 g/mol. The van der Waals surface area contributed by atoms with E-state index in [1.54, 1.807) is 11.3 Å². The molecule has 0 radical (unpaired) electrons. The number of hydrogen-bond donors (Lipinski definition) is 0. The molecule has 0 N–H and O–H groups in total. The summed E-state index contributed by atoms with van der Waals surface area (Å²) in [5, 5.41) is 2.12. The van der Waals surface area contributed by atoms with Crippen molar-refractivity contribution < 1.29 is 4.79 Å². The Labute approximate surface area is 151 Å². The van der Waals surface area contributed by atoms with Gasteiger partial charge >= 0.3 is 0 Å². The summed E-state index contributed by atoms with van der Waals surface area (Å²) >= 11 is 1.80. The normalized spacial score (nSPS) is 15.4. The van der Waals surface area contributed by atoms with Gasteiger partial charge in [-0.25, -0.2) is 0 Å². The standard InChI is InChI=1S/C20H21N3OS/c24-20(17-5-3-6-18(15-17)22-8-1-2-9-22)23-12-10-21(11-13-23)16-19-7-4-14-25-19/h1-9,14-15H,10-13,16H2. The first-order chi connectivity index (χ1) is 12.3. The number of rotatable bonds is 4. The fourth-order valence-electron chi connectivity index (χ4n) is 3.22. The highest BCUT2D eigenvalue weighted by atomic mass is 32.1. The van der Waals surface area contributed by atoms with Gasteiger partial charge in [0, 0.05) is 61.2 Å². The average Bonchev–Trinajstić information content (AvgIpc) is 3.36. The lowest BCUT2D eigenvalue weighted by Crippen LogP contribution is -2.48. The van der Waals surface area contributed by atoms with Crippen LogP contribution in [0.15, 0.2) is 66.3 Å². The SMILES string of the molecule is O=C(c1cccc(-n2cccc2)c1)N1CCN(Cc2cccs2)CC1. The van der Waals surface area contributed by atoms with Gasteiger partial charge in [-0.2, -0.15) is 0 Å². The predicted molar refractivity (Wildman–Crippen MR) is 101 cm³/mol. The summed E-state index contributed by atoms with van der Waals surface area (Å²) in [5.41, 5.74) is 1.78. The largest absolute Gasteiger partial charge is 0.336 e. The molecule has 25 heavy (non-hydrogen) atoms. The molecule has 2 aromatic heterocycles. The molecule has 0 saturated carbocycles. The molecule has 5 heteroatoms. The summed E-state index contributed by atoms with van der Waals surface area (Å²) in [7, 11) is 0. The van der Waals surface area contributed by atoms with Crippen molar-refractivity contribution in [2.75, 3.05) is 26.2 Å². The zero-order valence-electron chi connectivity index (χ0n) is 14.0. The molecule has 3 heterocycles. The second-order valence-corrected chi connectivity index (χ2v) is 7.32. The zero-order chi connectivity index (χ0) is 17.1. The molecule has 4 rings (SSSR count). The topological polar surface area (TPSA) is 28.5 Å². The van der Waals surface area contributed by atoms with Gasteiger partial charge in [-0.3, -0.25) is 9.69 Å². The van der Waals surface area contributed by atoms with E-state index in [-0.39, 0.29) is 5.91 Å². The molecule has 0 atom stereocenters. The highest BCUT2D eigenvalue weighted by Crippen LogP contribution is 2.16. The second-order valence-electron chi connectivity index (χ2n) is 6.29. The smallest absolute Gasteiger partial charge is 0.254 e. The summed E-state index contributed by atoms with van der Waals surface area (Å²) in [6.45, 7) is 4.43. The Balaban J connectivity index is 1.40. The number of amides is 1. The summed E-state index contributed by atoms with van der Waals surface area (Å²) < 4.78 is 2.02. The number of carbonyl (C=O) groups is 1. The lowest BCUT2D eigenvalue weighted by molar-refractivity contribution is 0.0629. The molecule has 0 aliphatic carbocycles. The van der Waals surface area contributed by atoms with Crippen molar-refractivity contribution in [1.82, 2.24) is 14.4 Å². The Bertz CT molecular complexity index is 819. The van der Waals surface area contributed by atoms with Gasteiger partial charge in [-0.15, -0.1) is 11.3 Å². The molecule has 1 amide bonds. The Morgan fingerprint density at radius 1 is 0.960 bits per heavy atom. The quantitative estimate of drug-likeness (QED) is 0.720. The summed E-state index contributed by atoms with van der Waals surface area (Å²) in [4.78, 5) is 18.6. The van der Waals surface area contributed by atoms with Crippen LogP contribution in [0.4, 0.5) is 0 Å². The summed E-state index contributed by atoms with van der Waals surface area (Å²) in [5.74, 6) is 0.129. The highest BCUT2D eigenvalue weighted by molar-refractivity contribution is 7.09. The van der Waals surface area contributed by atoms with Gasteiger partial charge < -0.3 is 9.47 Å². The number of aromatic nitrogens is 1. The van der Waals surface area contributed by atoms with Crippen LogP contribution in [0, 0.1) is 0 Å². The van der Waals surface area contributed by atoms with Crippen molar-refractivity contribution in [3.05, 3.63) is 76.7 Å². The van der Waals surface area contributed by atoms with E-state index < -0.39 is 0 Å². The lowest BCUT2D eigenvalue weighted by atomic mass is 10.1. The molecule has 0 spiro atoms. The third-order valence-corrected chi connectivity index (χ3v) is 5.48. The minimum Gasteiger partial charge on any atom is -0.336 e. The first kappa shape index (κ1) is 16.1. The maximum Gasteiger partial charge on any atom is 0.254 e. The van der Waals surface area contributed by atoms with Crippen molar-refractivity contribution in [1.29, 1.82) is 0 Å². The number of hydrogen-bond acceptors (Lipinski definition) is 3. The van der Waals surface area contributed by atoms with Crippen molar-refractivity contribution in [3.8, 4) is 5.69 Å². The van der Waals surface area contributed by atoms with E-state index in [9.17, 15) is 4.79 Å². The number of piperazine rings is 1. The van der Waals surface area contributed by atoms with Gasteiger partial charge in [0.25, 0.3) is 5.91 Å². The predicted octanol–water partition coefficient (Wildman–Crippen LogP) is 3.50. The summed E-state index contributed by atoms with van der Waals surface area (Å²) in [6.07, 6.45) is 3.99. The maximum atomic E-state index is 12.8. The maximum absolute atomic E-state index is 12.8. The van der Waals surface area contributed by atoms with E-state index in [0.717, 1.165) is 44.0 Å². The van der Waals surface area contributed by atoms with E-state index in [1.807, 2.05) is 58.3 Å². The molecule has 0 bridgehead atoms. The van der Waals surface area contributed by atoms with E-state index >= 15 is 0 Å². The molecule has 3 aromatic rings. The molecule has 1 fully saturated rings. The third-order valence-electron chi connectivity index (χ3n) is 4.61. The highest BCUT2D eigenvalue weighted by Gasteiger charge is 2.22. The van der Waals surface area contributed by atoms with Gasteiger partial charge in [0.1, 0.15) is 0 Å². The number of thiophene rings is 1. The van der Waals surface area contributed by atoms with Gasteiger partial charge in [-0.05, 0) is 41.8 Å². The monoisotopic (exact) mass is 351 g/mol. The van der Waals surface area contributed by atoms with Gasteiger partial charge in [0.2, 0.25) is 0 Å². The van der Waals surface area contributed by atoms with Crippen LogP contribution in [0.25, 0.3) is 5.69 Å². The molecule has 4 nitrogen and oxygen atoms in total. The van der Waals surface area contributed by atoms with Crippen LogP contribution in [0.1, 0.15) is 15.2 Å². The van der Waals surface area contributed by atoms with Crippen molar-refractivity contribution in [3.63, 3.8) is 0 Å². The fraction of sp³-hybridized carbons (Fsp3) is 0.250. The second kappa shape index (κ2) is 7.25. The summed E-state index contributed by atoms with van der Waals surface area (Å²) in [6, 6.07) is 16.1. The molecule has 1 aromatic carbocycles. The molecule has 128 valence electrons. The van der Waals surface area contributed by atoms with E-state index in [2.05, 4.69) is 22.4 Å². The number of nitrogens with zero attached hydrogens (tertiary/aromatic N) is 3. The van der Waals surface area contributed by atoms with Crippen molar-refractivity contribution in [2.24, 2.45) is 0 Å². The molecule has 1 aliphatic heterocycles. The lowest BCUT2D eigenvalue weighted by Gasteiger charge is -2.34. The van der Waals surface area contributed by atoms with E-state index in [4.69, 9.17) is 0 Å². The van der Waals surface area contributed by atoms with Crippen molar-refractivity contribution in [2.45, 2.75) is 6.54 Å². The van der Waals surface area contributed by atoms with Gasteiger partial charge in [0.05, 0.1) is 0 Å². The van der Waals surface area contributed by atoms with E-state index in [1.165, 1.54) is 4.88 Å². The van der Waals surface area contributed by atoms with Crippen molar-refractivity contribution >= 4 is 17.2 Å². The molecular weight excluding hydrogens is 330 g/mol. The van der Waals surface area contributed by atoms with Gasteiger partial charge in [-0.1, -0.05) is 12.1 Å².